The zero-order valence-corrected chi connectivity index (χ0v) is 10.1. The third kappa shape index (κ3) is 4.87. The summed E-state index contributed by atoms with van der Waals surface area (Å²) < 4.78 is 5.62. The first-order valence-electron chi connectivity index (χ1n) is 5.88. The van der Waals surface area contributed by atoms with Crippen molar-refractivity contribution in [2.24, 2.45) is 0 Å². The molecular formula is C15H20O2. The lowest BCUT2D eigenvalue weighted by atomic mass is 10.1. The third-order valence-corrected chi connectivity index (χ3v) is 2.47. The van der Waals surface area contributed by atoms with Gasteiger partial charge in [-0.05, 0) is 30.9 Å². The lowest BCUT2D eigenvalue weighted by Crippen LogP contribution is -2.17. The van der Waals surface area contributed by atoms with E-state index in [1.54, 1.807) is 6.08 Å². The van der Waals surface area contributed by atoms with E-state index in [9.17, 15) is 5.11 Å². The van der Waals surface area contributed by atoms with Crippen molar-refractivity contribution >= 4 is 0 Å². The lowest BCUT2D eigenvalue weighted by molar-refractivity contribution is 0.100. The molecule has 0 fully saturated rings. The van der Waals surface area contributed by atoms with E-state index in [4.69, 9.17) is 4.74 Å². The fourth-order valence-electron chi connectivity index (χ4n) is 1.55. The number of aliphatic hydroxyl groups excluding tert-OH is 1. The molecule has 0 spiro atoms. The van der Waals surface area contributed by atoms with Gasteiger partial charge in [-0.25, -0.2) is 0 Å². The maximum atomic E-state index is 9.67. The van der Waals surface area contributed by atoms with Crippen LogP contribution in [0.25, 0.3) is 0 Å². The van der Waals surface area contributed by atoms with Crippen molar-refractivity contribution in [3.8, 4) is 5.75 Å². The molecule has 0 heterocycles. The van der Waals surface area contributed by atoms with Gasteiger partial charge in [0.05, 0.1) is 6.10 Å². The van der Waals surface area contributed by atoms with Crippen LogP contribution in [0.15, 0.2) is 49.6 Å². The Balaban J connectivity index is 2.50. The van der Waals surface area contributed by atoms with Crippen LogP contribution in [-0.2, 0) is 6.42 Å². The number of hydrogen-bond acceptors (Lipinski definition) is 2. The topological polar surface area (TPSA) is 29.5 Å². The first-order valence-corrected chi connectivity index (χ1v) is 5.88. The highest BCUT2D eigenvalue weighted by atomic mass is 16.5. The van der Waals surface area contributed by atoms with Gasteiger partial charge in [0.1, 0.15) is 12.4 Å². The molecule has 1 unspecified atom stereocenters. The molecule has 0 amide bonds. The van der Waals surface area contributed by atoms with Crippen LogP contribution in [-0.4, -0.2) is 17.8 Å². The minimum absolute atomic E-state index is 0.321. The molecule has 0 bridgehead atoms. The molecule has 1 rings (SSSR count). The van der Waals surface area contributed by atoms with Gasteiger partial charge >= 0.3 is 0 Å². The molecule has 0 aliphatic rings. The van der Waals surface area contributed by atoms with Crippen LogP contribution >= 0.6 is 0 Å². The van der Waals surface area contributed by atoms with Crippen LogP contribution in [0, 0.1) is 0 Å². The third-order valence-electron chi connectivity index (χ3n) is 2.47. The number of para-hydroxylation sites is 1. The molecule has 1 aromatic carbocycles. The molecule has 0 aromatic heterocycles. The van der Waals surface area contributed by atoms with Crippen molar-refractivity contribution in [2.45, 2.75) is 25.4 Å². The molecule has 0 aliphatic heterocycles. The van der Waals surface area contributed by atoms with Crippen molar-refractivity contribution in [1.82, 2.24) is 0 Å². The summed E-state index contributed by atoms with van der Waals surface area (Å²) in [6, 6.07) is 7.82. The molecule has 1 N–H and O–H groups in total. The average molecular weight is 232 g/mol. The SMILES string of the molecule is C=CCCC(O)COc1ccccc1CC=C. The highest BCUT2D eigenvalue weighted by Gasteiger charge is 2.06. The summed E-state index contributed by atoms with van der Waals surface area (Å²) in [6.45, 7) is 7.66. The first kappa shape index (κ1) is 13.5. The maximum absolute atomic E-state index is 9.67. The van der Waals surface area contributed by atoms with Crippen molar-refractivity contribution in [3.05, 3.63) is 55.1 Å². The van der Waals surface area contributed by atoms with E-state index >= 15 is 0 Å². The number of rotatable bonds is 8. The van der Waals surface area contributed by atoms with Gasteiger partial charge in [0.25, 0.3) is 0 Å². The summed E-state index contributed by atoms with van der Waals surface area (Å²) in [7, 11) is 0. The Morgan fingerprint density at radius 1 is 1.24 bits per heavy atom. The summed E-state index contributed by atoms with van der Waals surface area (Å²) in [4.78, 5) is 0. The van der Waals surface area contributed by atoms with Crippen LogP contribution < -0.4 is 4.74 Å². The second-order valence-corrected chi connectivity index (χ2v) is 3.93. The highest BCUT2D eigenvalue weighted by Crippen LogP contribution is 2.19. The van der Waals surface area contributed by atoms with Crippen molar-refractivity contribution in [1.29, 1.82) is 0 Å². The first-order chi connectivity index (χ1) is 8.27. The molecule has 0 saturated heterocycles. The van der Waals surface area contributed by atoms with Gasteiger partial charge < -0.3 is 9.84 Å². The zero-order valence-electron chi connectivity index (χ0n) is 10.1. The van der Waals surface area contributed by atoms with E-state index in [-0.39, 0.29) is 0 Å². The van der Waals surface area contributed by atoms with Crippen molar-refractivity contribution in [3.63, 3.8) is 0 Å². The summed E-state index contributed by atoms with van der Waals surface area (Å²) in [5.74, 6) is 0.824. The van der Waals surface area contributed by atoms with Gasteiger partial charge in [-0.1, -0.05) is 30.4 Å². The Hall–Kier alpha value is -1.54. The minimum Gasteiger partial charge on any atom is -0.491 e. The monoisotopic (exact) mass is 232 g/mol. The van der Waals surface area contributed by atoms with E-state index in [1.807, 2.05) is 30.3 Å². The quantitative estimate of drug-likeness (QED) is 0.698. The zero-order chi connectivity index (χ0) is 12.5. The fraction of sp³-hybridized carbons (Fsp3) is 0.333. The lowest BCUT2D eigenvalue weighted by Gasteiger charge is -2.13. The van der Waals surface area contributed by atoms with E-state index in [2.05, 4.69) is 13.2 Å². The molecule has 1 aromatic rings. The van der Waals surface area contributed by atoms with Crippen LogP contribution in [0.3, 0.4) is 0 Å². The van der Waals surface area contributed by atoms with Gasteiger partial charge in [-0.3, -0.25) is 0 Å². The molecule has 0 aliphatic carbocycles. The summed E-state index contributed by atoms with van der Waals surface area (Å²) >= 11 is 0. The van der Waals surface area contributed by atoms with Crippen molar-refractivity contribution in [2.75, 3.05) is 6.61 Å². The van der Waals surface area contributed by atoms with E-state index in [1.165, 1.54) is 0 Å². The van der Waals surface area contributed by atoms with Crippen LogP contribution in [0.2, 0.25) is 0 Å². The van der Waals surface area contributed by atoms with Gasteiger partial charge in [0.15, 0.2) is 0 Å². The molecule has 1 atom stereocenters. The van der Waals surface area contributed by atoms with Gasteiger partial charge in [-0.15, -0.1) is 13.2 Å². The Labute approximate surface area is 103 Å². The Morgan fingerprint density at radius 3 is 2.71 bits per heavy atom. The second-order valence-electron chi connectivity index (χ2n) is 3.93. The molecule has 2 heteroatoms. The van der Waals surface area contributed by atoms with E-state index in [0.717, 1.165) is 24.2 Å². The fourth-order valence-corrected chi connectivity index (χ4v) is 1.55. The van der Waals surface area contributed by atoms with Crippen LogP contribution in [0.5, 0.6) is 5.75 Å². The Kier molecular flexibility index (Phi) is 6.12. The molecule has 2 nitrogen and oxygen atoms in total. The van der Waals surface area contributed by atoms with Gasteiger partial charge in [-0.2, -0.15) is 0 Å². The standard InChI is InChI=1S/C15H20O2/c1-3-5-10-14(16)12-17-15-11-7-6-9-13(15)8-4-2/h3-4,6-7,9,11,14,16H,1-2,5,8,10,12H2. The van der Waals surface area contributed by atoms with Gasteiger partial charge in [0.2, 0.25) is 0 Å². The smallest absolute Gasteiger partial charge is 0.122 e. The van der Waals surface area contributed by atoms with E-state index < -0.39 is 6.10 Å². The molecule has 17 heavy (non-hydrogen) atoms. The predicted molar refractivity (Wildman–Crippen MR) is 71.3 cm³/mol. The average Bonchev–Trinajstić information content (AvgIpc) is 2.35. The summed E-state index contributed by atoms with van der Waals surface area (Å²) in [6.07, 6.45) is 5.47. The second kappa shape index (κ2) is 7.69. The predicted octanol–water partition coefficient (Wildman–Crippen LogP) is 3.12. The maximum Gasteiger partial charge on any atom is 0.122 e. The Bertz CT molecular complexity index is 358. The number of ether oxygens (including phenoxy) is 1. The van der Waals surface area contributed by atoms with E-state index in [0.29, 0.717) is 13.0 Å². The Morgan fingerprint density at radius 2 is 2.00 bits per heavy atom. The summed E-state index contributed by atoms with van der Waals surface area (Å²) in [5, 5.41) is 9.67. The van der Waals surface area contributed by atoms with Gasteiger partial charge in [0, 0.05) is 0 Å². The molecule has 0 radical (unpaired) electrons. The number of benzene rings is 1. The largest absolute Gasteiger partial charge is 0.491 e. The number of allylic oxidation sites excluding steroid dienone is 2. The van der Waals surface area contributed by atoms with Crippen LogP contribution in [0.1, 0.15) is 18.4 Å². The highest BCUT2D eigenvalue weighted by molar-refractivity contribution is 5.34. The molecule has 0 saturated carbocycles. The van der Waals surface area contributed by atoms with Crippen molar-refractivity contribution < 1.29 is 9.84 Å². The normalized spacial score (nSPS) is 11.8. The molecular weight excluding hydrogens is 212 g/mol. The number of aliphatic hydroxyl groups is 1. The molecule has 92 valence electrons. The van der Waals surface area contributed by atoms with Crippen LogP contribution in [0.4, 0.5) is 0 Å². The number of hydrogen-bond donors (Lipinski definition) is 1. The summed E-state index contributed by atoms with van der Waals surface area (Å²) in [5.41, 5.74) is 1.10. The minimum atomic E-state index is -0.440.